The molecule has 0 aliphatic heterocycles. The first-order chi connectivity index (χ1) is 11.4. The number of ether oxygens (including phenoxy) is 2. The molecule has 5 heteroatoms. The summed E-state index contributed by atoms with van der Waals surface area (Å²) < 4.78 is 9.82. The van der Waals surface area contributed by atoms with Gasteiger partial charge in [-0.2, -0.15) is 0 Å². The van der Waals surface area contributed by atoms with Crippen LogP contribution in [0.25, 0.3) is 11.1 Å². The van der Waals surface area contributed by atoms with E-state index in [9.17, 15) is 14.7 Å². The van der Waals surface area contributed by atoms with Crippen molar-refractivity contribution in [2.24, 2.45) is 0 Å². The normalized spacial score (nSPS) is 10.3. The fourth-order valence-electron chi connectivity index (χ4n) is 2.46. The third-order valence-corrected chi connectivity index (χ3v) is 3.80. The van der Waals surface area contributed by atoms with Gasteiger partial charge in [0, 0.05) is 11.1 Å². The number of hydrogen-bond acceptors (Lipinski definition) is 5. The molecule has 0 saturated heterocycles. The number of hydrogen-bond donors (Lipinski definition) is 1. The fraction of sp³-hybridized carbons (Fsp3) is 0.263. The first-order valence-corrected chi connectivity index (χ1v) is 7.59. The Bertz CT molecular complexity index is 775. The molecule has 2 rings (SSSR count). The lowest BCUT2D eigenvalue weighted by molar-refractivity contribution is 0.0522. The fourth-order valence-corrected chi connectivity index (χ4v) is 2.46. The molecule has 0 atom stereocenters. The molecule has 0 heterocycles. The molecule has 0 amide bonds. The maximum Gasteiger partial charge on any atom is 0.342 e. The van der Waals surface area contributed by atoms with Gasteiger partial charge in [-0.15, -0.1) is 0 Å². The van der Waals surface area contributed by atoms with Crippen LogP contribution >= 0.6 is 0 Å². The summed E-state index contributed by atoms with van der Waals surface area (Å²) >= 11 is 0. The second-order valence-electron chi connectivity index (χ2n) is 5.40. The van der Waals surface area contributed by atoms with Crippen LogP contribution in [0.15, 0.2) is 30.3 Å². The van der Waals surface area contributed by atoms with E-state index in [0.717, 1.165) is 5.56 Å². The van der Waals surface area contributed by atoms with Crippen molar-refractivity contribution >= 4 is 11.9 Å². The quantitative estimate of drug-likeness (QED) is 0.868. The largest absolute Gasteiger partial charge is 0.507 e. The van der Waals surface area contributed by atoms with Crippen molar-refractivity contribution in [3.05, 3.63) is 52.6 Å². The molecule has 0 aromatic heterocycles. The summed E-state index contributed by atoms with van der Waals surface area (Å²) in [5.74, 6) is -1.49. The summed E-state index contributed by atoms with van der Waals surface area (Å²) in [6.45, 7) is 5.43. The molecule has 5 nitrogen and oxygen atoms in total. The van der Waals surface area contributed by atoms with Crippen molar-refractivity contribution in [3.8, 4) is 16.9 Å². The molecule has 24 heavy (non-hydrogen) atoms. The van der Waals surface area contributed by atoms with Gasteiger partial charge in [-0.05, 0) is 32.4 Å². The number of esters is 2. The maximum atomic E-state index is 12.2. The number of rotatable bonds is 4. The first kappa shape index (κ1) is 17.5. The predicted octanol–water partition coefficient (Wildman–Crippen LogP) is 3.64. The molecule has 1 N–H and O–H groups in total. The van der Waals surface area contributed by atoms with Crippen LogP contribution in [-0.4, -0.2) is 30.8 Å². The van der Waals surface area contributed by atoms with E-state index >= 15 is 0 Å². The SMILES string of the molecule is CCOC(=O)c1cc(-c2ccc(C)cc2)c(C(=O)OC)c(O)c1C. The van der Waals surface area contributed by atoms with Gasteiger partial charge in [0.05, 0.1) is 19.3 Å². The Balaban J connectivity index is 2.75. The van der Waals surface area contributed by atoms with Crippen LogP contribution in [0.1, 0.15) is 38.8 Å². The predicted molar refractivity (Wildman–Crippen MR) is 90.3 cm³/mol. The van der Waals surface area contributed by atoms with Gasteiger partial charge < -0.3 is 14.6 Å². The van der Waals surface area contributed by atoms with Crippen molar-refractivity contribution in [3.63, 3.8) is 0 Å². The zero-order chi connectivity index (χ0) is 17.9. The highest BCUT2D eigenvalue weighted by molar-refractivity contribution is 6.04. The molecule has 0 aliphatic carbocycles. The lowest BCUT2D eigenvalue weighted by atomic mass is 9.92. The van der Waals surface area contributed by atoms with Gasteiger partial charge in [-0.3, -0.25) is 0 Å². The number of methoxy groups -OCH3 is 1. The Morgan fingerprint density at radius 1 is 1.08 bits per heavy atom. The van der Waals surface area contributed by atoms with E-state index in [1.54, 1.807) is 19.9 Å². The Morgan fingerprint density at radius 3 is 2.25 bits per heavy atom. The minimum Gasteiger partial charge on any atom is -0.507 e. The average molecular weight is 328 g/mol. The average Bonchev–Trinajstić information content (AvgIpc) is 2.57. The number of phenolic OH excluding ortho intramolecular Hbond substituents is 1. The Labute approximate surface area is 140 Å². The van der Waals surface area contributed by atoms with E-state index < -0.39 is 11.9 Å². The number of phenols is 1. The van der Waals surface area contributed by atoms with E-state index in [2.05, 4.69) is 0 Å². The molecule has 0 radical (unpaired) electrons. The standard InChI is InChI=1S/C19H20O5/c1-5-24-18(21)14-10-15(13-8-6-11(2)7-9-13)16(19(22)23-4)17(20)12(14)3/h6-10,20H,5H2,1-4H3. The minimum atomic E-state index is -0.665. The van der Waals surface area contributed by atoms with Gasteiger partial charge in [0.15, 0.2) is 0 Å². The number of carbonyl (C=O) groups is 2. The molecule has 0 saturated carbocycles. The highest BCUT2D eigenvalue weighted by Gasteiger charge is 2.25. The van der Waals surface area contributed by atoms with Crippen LogP contribution < -0.4 is 0 Å². The van der Waals surface area contributed by atoms with Crippen molar-refractivity contribution in [1.29, 1.82) is 0 Å². The zero-order valence-corrected chi connectivity index (χ0v) is 14.2. The summed E-state index contributed by atoms with van der Waals surface area (Å²) in [6, 6.07) is 8.97. The van der Waals surface area contributed by atoms with E-state index in [1.165, 1.54) is 7.11 Å². The van der Waals surface area contributed by atoms with E-state index in [-0.39, 0.29) is 29.0 Å². The first-order valence-electron chi connectivity index (χ1n) is 7.59. The topological polar surface area (TPSA) is 72.8 Å². The van der Waals surface area contributed by atoms with E-state index in [0.29, 0.717) is 11.1 Å². The summed E-state index contributed by atoms with van der Waals surface area (Å²) in [7, 11) is 1.25. The van der Waals surface area contributed by atoms with Gasteiger partial charge >= 0.3 is 11.9 Å². The van der Waals surface area contributed by atoms with Gasteiger partial charge in [0.1, 0.15) is 11.3 Å². The monoisotopic (exact) mass is 328 g/mol. The lowest BCUT2D eigenvalue weighted by Crippen LogP contribution is -2.11. The molecule has 2 aromatic carbocycles. The van der Waals surface area contributed by atoms with Crippen molar-refractivity contribution in [2.75, 3.05) is 13.7 Å². The highest BCUT2D eigenvalue weighted by atomic mass is 16.5. The van der Waals surface area contributed by atoms with Crippen LogP contribution in [0.2, 0.25) is 0 Å². The lowest BCUT2D eigenvalue weighted by Gasteiger charge is -2.15. The second kappa shape index (κ2) is 7.17. The van der Waals surface area contributed by atoms with Crippen LogP contribution in [0.4, 0.5) is 0 Å². The molecule has 0 aliphatic rings. The number of aromatic hydroxyl groups is 1. The van der Waals surface area contributed by atoms with Crippen molar-refractivity contribution in [1.82, 2.24) is 0 Å². The third kappa shape index (κ3) is 3.25. The van der Waals surface area contributed by atoms with Gasteiger partial charge in [-0.1, -0.05) is 29.8 Å². The van der Waals surface area contributed by atoms with Crippen LogP contribution in [-0.2, 0) is 9.47 Å². The molecular weight excluding hydrogens is 308 g/mol. The van der Waals surface area contributed by atoms with Gasteiger partial charge in [-0.25, -0.2) is 9.59 Å². The summed E-state index contributed by atoms with van der Waals surface area (Å²) in [4.78, 5) is 24.3. The summed E-state index contributed by atoms with van der Waals surface area (Å²) in [5, 5.41) is 10.5. The smallest absolute Gasteiger partial charge is 0.342 e. The van der Waals surface area contributed by atoms with Crippen LogP contribution in [0.3, 0.4) is 0 Å². The highest BCUT2D eigenvalue weighted by Crippen LogP contribution is 2.36. The van der Waals surface area contributed by atoms with E-state index in [1.807, 2.05) is 31.2 Å². The molecule has 0 fully saturated rings. The second-order valence-corrected chi connectivity index (χ2v) is 5.40. The maximum absolute atomic E-state index is 12.2. The molecule has 0 spiro atoms. The van der Waals surface area contributed by atoms with Crippen molar-refractivity contribution < 1.29 is 24.2 Å². The van der Waals surface area contributed by atoms with E-state index in [4.69, 9.17) is 9.47 Å². The van der Waals surface area contributed by atoms with Crippen LogP contribution in [0.5, 0.6) is 5.75 Å². The molecular formula is C19H20O5. The van der Waals surface area contributed by atoms with Gasteiger partial charge in [0.2, 0.25) is 0 Å². The third-order valence-electron chi connectivity index (χ3n) is 3.80. The Hall–Kier alpha value is -2.82. The number of benzene rings is 2. The zero-order valence-electron chi connectivity index (χ0n) is 14.2. The Morgan fingerprint density at radius 2 is 1.71 bits per heavy atom. The van der Waals surface area contributed by atoms with Crippen LogP contribution in [0, 0.1) is 13.8 Å². The molecule has 0 unspecified atom stereocenters. The summed E-state index contributed by atoms with van der Waals surface area (Å²) in [6.07, 6.45) is 0. The molecule has 0 bridgehead atoms. The molecule has 2 aromatic rings. The number of carbonyl (C=O) groups excluding carboxylic acids is 2. The Kier molecular flexibility index (Phi) is 5.24. The molecule has 126 valence electrons. The minimum absolute atomic E-state index is 0.0342. The summed E-state index contributed by atoms with van der Waals surface area (Å²) in [5.41, 5.74) is 2.71. The van der Waals surface area contributed by atoms with Crippen molar-refractivity contribution in [2.45, 2.75) is 20.8 Å². The number of aryl methyl sites for hydroxylation is 1. The van der Waals surface area contributed by atoms with Gasteiger partial charge in [0.25, 0.3) is 0 Å².